The van der Waals surface area contributed by atoms with Gasteiger partial charge in [-0.2, -0.15) is 0 Å². The van der Waals surface area contributed by atoms with Gasteiger partial charge in [-0.05, 0) is 25.7 Å². The van der Waals surface area contributed by atoms with E-state index in [1.165, 1.54) is 25.7 Å². The number of rotatable bonds is 16. The molecule has 2 rings (SSSR count). The Hall–Kier alpha value is 4.07. The summed E-state index contributed by atoms with van der Waals surface area (Å²) in [6.45, 7) is 71.1. The van der Waals surface area contributed by atoms with Crippen molar-refractivity contribution in [1.82, 2.24) is 0 Å². The molecule has 2 aliphatic heterocycles. The predicted octanol–water partition coefficient (Wildman–Crippen LogP) is 13.0. The Morgan fingerprint density at radius 2 is 0.257 bits per heavy atom. The fourth-order valence-electron chi connectivity index (χ4n) is 5.79. The molecular weight excluding hydrogens is 1210 g/mol. The first-order valence-electron chi connectivity index (χ1n) is 26.8. The Bertz CT molecular complexity index is 590. The second-order valence-corrected chi connectivity index (χ2v) is 21.3. The molecule has 0 N–H and O–H groups in total. The Kier molecular flexibility index (Phi) is 113. The number of hydrogen-bond donors (Lipinski definition) is 0. The van der Waals surface area contributed by atoms with E-state index >= 15 is 0 Å². The number of nitrogens with zero attached hydrogens (tertiary/aromatic N) is 8. The molecule has 70 heavy (non-hydrogen) atoms. The van der Waals surface area contributed by atoms with Gasteiger partial charge in [-0.1, -0.05) is 222 Å². The second-order valence-electron chi connectivity index (χ2n) is 21.3. The Labute approximate surface area is 548 Å². The maximum absolute atomic E-state index is 4.94. The molecule has 14 heteroatoms. The molecule has 10 nitrogen and oxygen atoms in total. The molecule has 0 spiro atoms. The maximum Gasteiger partial charge on any atom is 3.00 e. The Morgan fingerprint density at radius 1 is 0.186 bits per heavy atom. The van der Waals surface area contributed by atoms with Crippen LogP contribution in [0, 0.1) is 73.7 Å². The largest absolute Gasteiger partial charge is 3.00 e. The van der Waals surface area contributed by atoms with Gasteiger partial charge in [-0.15, -0.1) is 96.7 Å². The van der Waals surface area contributed by atoms with Crippen molar-refractivity contribution in [3.05, 3.63) is 42.5 Å². The van der Waals surface area contributed by atoms with Crippen molar-refractivity contribution in [3.63, 3.8) is 0 Å². The molecular formula is C56H128Lu2N8Na2O2. The third-order valence-corrected chi connectivity index (χ3v) is 6.42. The van der Waals surface area contributed by atoms with Crippen molar-refractivity contribution >= 4 is 0 Å². The molecule has 0 amide bonds. The summed E-state index contributed by atoms with van der Waals surface area (Å²) in [6, 6.07) is 8.00. The quantitative estimate of drug-likeness (QED) is 0.142. The van der Waals surface area contributed by atoms with Gasteiger partial charge in [-0.3, -0.25) is 0 Å². The fourth-order valence-corrected chi connectivity index (χ4v) is 5.79. The minimum absolute atomic E-state index is 0. The molecule has 0 aromatic heterocycles. The van der Waals surface area contributed by atoms with Crippen LogP contribution in [0.1, 0.15) is 247 Å². The van der Waals surface area contributed by atoms with Gasteiger partial charge in [0.05, 0.1) is 0 Å². The van der Waals surface area contributed by atoms with Crippen LogP contribution in [0.15, 0.2) is 0 Å². The van der Waals surface area contributed by atoms with E-state index < -0.39 is 0 Å². The molecule has 0 radical (unpaired) electrons. The average molecular weight is 1340 g/mol. The summed E-state index contributed by atoms with van der Waals surface area (Å²) in [5, 5.41) is 34.2. The fraction of sp³-hybridized carbons (Fsp3) is 1.00. The van der Waals surface area contributed by atoms with Crippen molar-refractivity contribution in [3.8, 4) is 0 Å². The smallest absolute Gasteiger partial charge is 0.658 e. The number of hydrogen-bond acceptors (Lipinski definition) is 2. The van der Waals surface area contributed by atoms with Gasteiger partial charge in [0.15, 0.2) is 0 Å². The van der Waals surface area contributed by atoms with Gasteiger partial charge in [0, 0.05) is 26.4 Å². The van der Waals surface area contributed by atoms with Crippen molar-refractivity contribution < 1.29 is 142 Å². The van der Waals surface area contributed by atoms with Gasteiger partial charge in [-0.25, -0.2) is 0 Å². The van der Waals surface area contributed by atoms with Crippen LogP contribution in [0.4, 0.5) is 0 Å². The van der Waals surface area contributed by atoms with Gasteiger partial charge < -0.3 is 52.0 Å². The van der Waals surface area contributed by atoms with Crippen LogP contribution < -0.4 is 59.1 Å². The molecule has 2 aliphatic rings. The van der Waals surface area contributed by atoms with Crippen LogP contribution in [0.25, 0.3) is 42.5 Å². The van der Waals surface area contributed by atoms with E-state index in [1.807, 2.05) is 0 Å². The summed E-state index contributed by atoms with van der Waals surface area (Å²) < 4.78 is 9.89. The van der Waals surface area contributed by atoms with E-state index in [0.29, 0.717) is 96.7 Å². The van der Waals surface area contributed by atoms with Crippen LogP contribution >= 0.6 is 0 Å². The van der Waals surface area contributed by atoms with E-state index in [2.05, 4.69) is 264 Å². The summed E-state index contributed by atoms with van der Waals surface area (Å²) in [7, 11) is 0. The van der Waals surface area contributed by atoms with Crippen LogP contribution in [0.2, 0.25) is 0 Å². The third-order valence-electron chi connectivity index (χ3n) is 6.42. The zero-order chi connectivity index (χ0) is 54.0. The molecule has 2 saturated heterocycles. The molecule has 2 heterocycles. The summed E-state index contributed by atoms with van der Waals surface area (Å²) in [5.74, 6) is 0. The second kappa shape index (κ2) is 77.3. The standard InChI is InChI=1S/8C6H14N.2C4H8O.2Lu.2Na/c8*1-5(2)7-6(3)4;2*1-2-4-5-3-1;;;;/h8*5-6H,1-4H3;2*1-4H2;;;;/q8*-1;;;2*+3;2*+1. The van der Waals surface area contributed by atoms with Crippen LogP contribution in [0.5, 0.6) is 0 Å². The average Bonchev–Trinajstić information content (AvgIpc) is 3.82. The first kappa shape index (κ1) is 103. The van der Waals surface area contributed by atoms with E-state index in [-0.39, 0.29) is 133 Å². The van der Waals surface area contributed by atoms with Gasteiger partial charge in [0.25, 0.3) is 0 Å². The Morgan fingerprint density at radius 3 is 0.271 bits per heavy atom. The predicted molar refractivity (Wildman–Crippen MR) is 309 cm³/mol. The van der Waals surface area contributed by atoms with Gasteiger partial charge >= 0.3 is 133 Å². The molecule has 0 aliphatic carbocycles. The number of ether oxygens (including phenoxy) is 2. The van der Waals surface area contributed by atoms with Crippen molar-refractivity contribution in [2.45, 2.75) is 344 Å². The molecule has 0 unspecified atom stereocenters. The van der Waals surface area contributed by atoms with Crippen molar-refractivity contribution in [2.75, 3.05) is 26.4 Å². The van der Waals surface area contributed by atoms with Gasteiger partial charge in [0.2, 0.25) is 0 Å². The molecule has 0 aromatic carbocycles. The molecule has 0 aromatic rings. The minimum atomic E-state index is 0. The normalized spacial score (nSPS) is 12.3. The minimum Gasteiger partial charge on any atom is -0.658 e. The topological polar surface area (TPSA) is 131 Å². The van der Waals surface area contributed by atoms with Gasteiger partial charge in [0.1, 0.15) is 0 Å². The first-order chi connectivity index (χ1) is 30.0. The third kappa shape index (κ3) is 172. The zero-order valence-corrected chi connectivity index (χ0v) is 61.1. The molecule has 2 fully saturated rings. The molecule has 0 bridgehead atoms. The van der Waals surface area contributed by atoms with Crippen molar-refractivity contribution in [2.24, 2.45) is 0 Å². The summed E-state index contributed by atoms with van der Waals surface area (Å²) >= 11 is 0. The zero-order valence-electron chi connectivity index (χ0n) is 53.8. The van der Waals surface area contributed by atoms with Crippen LogP contribution in [-0.4, -0.2) is 123 Å². The van der Waals surface area contributed by atoms with E-state index in [9.17, 15) is 0 Å². The van der Waals surface area contributed by atoms with Crippen molar-refractivity contribution in [1.29, 1.82) is 0 Å². The summed E-state index contributed by atoms with van der Waals surface area (Å²) in [6.07, 6.45) is 5.11. The van der Waals surface area contributed by atoms with Crippen LogP contribution in [0.3, 0.4) is 0 Å². The van der Waals surface area contributed by atoms with E-state index in [1.54, 1.807) is 0 Å². The SMILES string of the molecule is C1CCOC1.C1CCOC1.CC(C)[N-]C(C)C.CC(C)[N-]C(C)C.CC(C)[N-]C(C)C.CC(C)[N-]C(C)C.CC(C)[N-]C(C)C.CC(C)[N-]C(C)C.CC(C)[N-]C(C)C.CC(C)[N-]C(C)C.[Lu+3].[Lu+3].[Na+].[Na+]. The first-order valence-corrected chi connectivity index (χ1v) is 26.8. The monoisotopic (exact) mass is 1340 g/mol. The van der Waals surface area contributed by atoms with E-state index in [0.717, 1.165) is 26.4 Å². The van der Waals surface area contributed by atoms with E-state index in [4.69, 9.17) is 9.47 Å². The summed E-state index contributed by atoms with van der Waals surface area (Å²) in [4.78, 5) is 0. The van der Waals surface area contributed by atoms with Crippen LogP contribution in [-0.2, 0) is 9.47 Å². The summed E-state index contributed by atoms with van der Waals surface area (Å²) in [5.41, 5.74) is 0. The maximum atomic E-state index is 4.94. The Balaban J connectivity index is -0.0000000531. The molecule has 0 atom stereocenters. The molecule has 0 saturated carbocycles. The molecule has 436 valence electrons.